The van der Waals surface area contributed by atoms with Crippen LogP contribution in [0, 0.1) is 6.92 Å². The Morgan fingerprint density at radius 1 is 1.19 bits per heavy atom. The highest BCUT2D eigenvalue weighted by Crippen LogP contribution is 2.33. The van der Waals surface area contributed by atoms with Crippen LogP contribution in [0.25, 0.3) is 11.3 Å². The summed E-state index contributed by atoms with van der Waals surface area (Å²) in [6.45, 7) is 9.61. The van der Waals surface area contributed by atoms with Crippen LogP contribution in [-0.2, 0) is 25.1 Å². The molecule has 166 valence electrons. The molecule has 1 aromatic carbocycles. The summed E-state index contributed by atoms with van der Waals surface area (Å²) < 4.78 is 14.5. The zero-order chi connectivity index (χ0) is 22.6. The molecule has 0 radical (unpaired) electrons. The number of ether oxygens (including phenoxy) is 2. The summed E-state index contributed by atoms with van der Waals surface area (Å²) in [6.07, 6.45) is 4.87. The third-order valence-corrected chi connectivity index (χ3v) is 6.91. The monoisotopic (exact) mass is 461 g/mol. The predicted molar refractivity (Wildman–Crippen MR) is 123 cm³/mol. The first-order valence-electron chi connectivity index (χ1n) is 10.1. The fourth-order valence-corrected chi connectivity index (χ4v) is 3.75. The minimum Gasteiger partial charge on any atom is -0.485 e. The molecule has 0 atom stereocenters. The number of hydrogen-bond acceptors (Lipinski definition) is 6. The number of aromatic nitrogens is 5. The molecule has 8 nitrogen and oxygen atoms in total. The zero-order valence-electron chi connectivity index (χ0n) is 18.6. The molecule has 0 aliphatic heterocycles. The Balaban J connectivity index is 1.75. The zero-order valence-corrected chi connectivity index (χ0v) is 20.3. The van der Waals surface area contributed by atoms with Crippen LogP contribution >= 0.6 is 11.6 Å². The molecular formula is C21H28ClN5O3Si. The molecule has 0 aliphatic carbocycles. The Morgan fingerprint density at radius 2 is 1.97 bits per heavy atom. The van der Waals surface area contributed by atoms with Gasteiger partial charge in [-0.05, 0) is 30.7 Å². The van der Waals surface area contributed by atoms with Gasteiger partial charge in [-0.15, -0.1) is 5.10 Å². The van der Waals surface area contributed by atoms with Gasteiger partial charge in [0.15, 0.2) is 5.82 Å². The van der Waals surface area contributed by atoms with E-state index in [9.17, 15) is 4.79 Å². The molecule has 31 heavy (non-hydrogen) atoms. The lowest BCUT2D eigenvalue weighted by Crippen LogP contribution is -2.26. The lowest BCUT2D eigenvalue weighted by Gasteiger charge is -2.15. The third kappa shape index (κ3) is 6.02. The first-order chi connectivity index (χ1) is 14.7. The molecule has 0 unspecified atom stereocenters. The highest BCUT2D eigenvalue weighted by Gasteiger charge is 2.16. The van der Waals surface area contributed by atoms with Crippen molar-refractivity contribution in [1.82, 2.24) is 24.3 Å². The van der Waals surface area contributed by atoms with Gasteiger partial charge in [0.25, 0.3) is 0 Å². The van der Waals surface area contributed by atoms with Gasteiger partial charge in [-0.3, -0.25) is 14.5 Å². The molecule has 3 aromatic rings. The van der Waals surface area contributed by atoms with E-state index in [0.717, 1.165) is 17.2 Å². The van der Waals surface area contributed by atoms with Gasteiger partial charge in [-0.25, -0.2) is 4.79 Å². The SMILES string of the molecule is Cc1cc(OCc2nn(COCC[Si](C)(C)C)c(=O)n2C)c(-c2cnccn2)cc1Cl. The predicted octanol–water partition coefficient (Wildman–Crippen LogP) is 3.89. The molecule has 10 heteroatoms. The molecule has 0 fully saturated rings. The van der Waals surface area contributed by atoms with Gasteiger partial charge in [0.05, 0.1) is 11.9 Å². The minimum atomic E-state index is -1.18. The van der Waals surface area contributed by atoms with E-state index in [-0.39, 0.29) is 19.0 Å². The average molecular weight is 462 g/mol. The summed E-state index contributed by atoms with van der Waals surface area (Å²) >= 11 is 6.31. The minimum absolute atomic E-state index is 0.113. The van der Waals surface area contributed by atoms with Gasteiger partial charge in [-0.2, -0.15) is 4.68 Å². The quantitative estimate of drug-likeness (QED) is 0.355. The van der Waals surface area contributed by atoms with Crippen molar-refractivity contribution < 1.29 is 9.47 Å². The van der Waals surface area contributed by atoms with Crippen LogP contribution in [0.1, 0.15) is 11.4 Å². The standard InChI is InChI=1S/C21H28ClN5O3Si/c1-15-10-19(16(11-17(15)22)18-12-23-6-7-24-18)30-13-20-25-27(21(28)26(20)2)14-29-8-9-31(3,4)5/h6-7,10-12H,8-9,13-14H2,1-5H3. The van der Waals surface area contributed by atoms with Gasteiger partial charge in [0.2, 0.25) is 0 Å². The van der Waals surface area contributed by atoms with Crippen molar-refractivity contribution in [3.8, 4) is 17.0 Å². The van der Waals surface area contributed by atoms with E-state index in [1.54, 1.807) is 31.7 Å². The van der Waals surface area contributed by atoms with Crippen molar-refractivity contribution in [3.05, 3.63) is 57.6 Å². The van der Waals surface area contributed by atoms with E-state index in [1.165, 1.54) is 9.25 Å². The first-order valence-corrected chi connectivity index (χ1v) is 14.1. The van der Waals surface area contributed by atoms with E-state index in [0.29, 0.717) is 28.9 Å². The van der Waals surface area contributed by atoms with Crippen LogP contribution in [0.4, 0.5) is 0 Å². The summed E-state index contributed by atoms with van der Waals surface area (Å²) in [4.78, 5) is 20.9. The van der Waals surface area contributed by atoms with Gasteiger partial charge in [0, 0.05) is 44.7 Å². The van der Waals surface area contributed by atoms with Crippen molar-refractivity contribution in [3.63, 3.8) is 0 Å². The Hall–Kier alpha value is -2.49. The first kappa shape index (κ1) is 23.2. The maximum Gasteiger partial charge on any atom is 0.347 e. The fourth-order valence-electron chi connectivity index (χ4n) is 2.83. The molecular weight excluding hydrogens is 434 g/mol. The smallest absolute Gasteiger partial charge is 0.347 e. The summed E-state index contributed by atoms with van der Waals surface area (Å²) in [5.74, 6) is 1.09. The number of hydrogen-bond donors (Lipinski definition) is 0. The van der Waals surface area contributed by atoms with Crippen LogP contribution in [-0.4, -0.2) is 39.0 Å². The second-order valence-electron chi connectivity index (χ2n) is 8.58. The van der Waals surface area contributed by atoms with Crippen LogP contribution in [0.15, 0.2) is 35.5 Å². The largest absolute Gasteiger partial charge is 0.485 e. The maximum atomic E-state index is 12.5. The number of halogens is 1. The average Bonchev–Trinajstić information content (AvgIpc) is 2.99. The van der Waals surface area contributed by atoms with E-state index in [4.69, 9.17) is 21.1 Å². The molecule has 0 aliphatic rings. The van der Waals surface area contributed by atoms with E-state index in [1.807, 2.05) is 13.0 Å². The Labute approximate surface area is 187 Å². The van der Waals surface area contributed by atoms with Crippen LogP contribution in [0.5, 0.6) is 5.75 Å². The Morgan fingerprint density at radius 3 is 2.65 bits per heavy atom. The molecule has 0 spiro atoms. The number of rotatable bonds is 9. The van der Waals surface area contributed by atoms with Crippen molar-refractivity contribution in [2.75, 3.05) is 6.61 Å². The molecule has 2 heterocycles. The number of aryl methyl sites for hydroxylation is 1. The summed E-state index contributed by atoms with van der Waals surface area (Å²) in [5, 5.41) is 4.99. The van der Waals surface area contributed by atoms with Crippen LogP contribution in [0.3, 0.4) is 0 Å². The maximum absolute atomic E-state index is 12.5. The summed E-state index contributed by atoms with van der Waals surface area (Å²) in [6, 6.07) is 4.69. The molecule has 3 rings (SSSR count). The van der Waals surface area contributed by atoms with Crippen molar-refractivity contribution >= 4 is 19.7 Å². The van der Waals surface area contributed by atoms with E-state index >= 15 is 0 Å². The summed E-state index contributed by atoms with van der Waals surface area (Å²) in [5.41, 5.74) is 2.00. The fraction of sp³-hybridized carbons (Fsp3) is 0.429. The second kappa shape index (κ2) is 9.76. The molecule has 2 aromatic heterocycles. The second-order valence-corrected chi connectivity index (χ2v) is 14.6. The lowest BCUT2D eigenvalue weighted by molar-refractivity contribution is 0.0752. The van der Waals surface area contributed by atoms with Gasteiger partial charge < -0.3 is 9.47 Å². The molecule has 0 saturated carbocycles. The van der Waals surface area contributed by atoms with Gasteiger partial charge in [-0.1, -0.05) is 31.2 Å². The summed E-state index contributed by atoms with van der Waals surface area (Å²) in [7, 11) is 0.486. The normalized spacial score (nSPS) is 11.7. The Bertz CT molecular complexity index is 1090. The van der Waals surface area contributed by atoms with E-state index < -0.39 is 8.07 Å². The molecule has 0 amide bonds. The number of nitrogens with zero attached hydrogens (tertiary/aromatic N) is 5. The molecule has 0 bridgehead atoms. The third-order valence-electron chi connectivity index (χ3n) is 4.80. The van der Waals surface area contributed by atoms with Crippen molar-refractivity contribution in [2.45, 2.75) is 45.9 Å². The lowest BCUT2D eigenvalue weighted by atomic mass is 10.1. The van der Waals surface area contributed by atoms with Crippen LogP contribution < -0.4 is 10.4 Å². The molecule has 0 N–H and O–H groups in total. The van der Waals surface area contributed by atoms with E-state index in [2.05, 4.69) is 34.7 Å². The Kier molecular flexibility index (Phi) is 7.29. The van der Waals surface area contributed by atoms with Gasteiger partial charge >= 0.3 is 5.69 Å². The highest BCUT2D eigenvalue weighted by atomic mass is 35.5. The van der Waals surface area contributed by atoms with Gasteiger partial charge in [0.1, 0.15) is 19.1 Å². The molecule has 0 saturated heterocycles. The number of benzene rings is 1. The topological polar surface area (TPSA) is 84.1 Å². The highest BCUT2D eigenvalue weighted by molar-refractivity contribution is 6.76. The van der Waals surface area contributed by atoms with Crippen molar-refractivity contribution in [2.24, 2.45) is 7.05 Å². The van der Waals surface area contributed by atoms with Crippen molar-refractivity contribution in [1.29, 1.82) is 0 Å². The van der Waals surface area contributed by atoms with Crippen LogP contribution in [0.2, 0.25) is 30.7 Å².